The third kappa shape index (κ3) is 1.36. The first-order valence-corrected chi connectivity index (χ1v) is 2.96. The molecule has 0 aliphatic rings. The molecule has 0 fully saturated rings. The molecule has 0 radical (unpaired) electrons. The molecule has 0 bridgehead atoms. The molecule has 0 aliphatic carbocycles. The van der Waals surface area contributed by atoms with Gasteiger partial charge in [0.1, 0.15) is 4.64 Å². The van der Waals surface area contributed by atoms with Crippen LogP contribution in [0.5, 0.6) is 0 Å². The van der Waals surface area contributed by atoms with Crippen molar-refractivity contribution >= 4 is 12.2 Å². The van der Waals surface area contributed by atoms with Crippen molar-refractivity contribution in [2.45, 2.75) is 6.92 Å². The minimum Gasteiger partial charge on any atom is -0.350 e. The van der Waals surface area contributed by atoms with Gasteiger partial charge in [-0.3, -0.25) is 0 Å². The van der Waals surface area contributed by atoms with Crippen LogP contribution in [-0.4, -0.2) is 4.98 Å². The Morgan fingerprint density at radius 3 is 2.78 bits per heavy atom. The van der Waals surface area contributed by atoms with Crippen LogP contribution in [0.15, 0.2) is 12.3 Å². The number of aromatic nitrogens is 1. The van der Waals surface area contributed by atoms with E-state index in [1.807, 2.05) is 0 Å². The van der Waals surface area contributed by atoms with E-state index in [9.17, 15) is 4.39 Å². The van der Waals surface area contributed by atoms with Crippen molar-refractivity contribution in [3.8, 4) is 0 Å². The number of H-pyrrole nitrogens is 1. The van der Waals surface area contributed by atoms with Crippen LogP contribution in [0, 0.1) is 17.4 Å². The number of rotatable bonds is 0. The van der Waals surface area contributed by atoms with Crippen LogP contribution in [-0.2, 0) is 0 Å². The third-order valence-corrected chi connectivity index (χ3v) is 1.32. The molecule has 0 amide bonds. The fraction of sp³-hybridized carbons (Fsp3) is 0.167. The summed E-state index contributed by atoms with van der Waals surface area (Å²) >= 11 is 4.58. The average Bonchev–Trinajstić information content (AvgIpc) is 1.80. The molecule has 1 nitrogen and oxygen atoms in total. The molecule has 0 saturated carbocycles. The van der Waals surface area contributed by atoms with Gasteiger partial charge in [0.15, 0.2) is 5.82 Å². The molecular weight excluding hydrogens is 137 g/mol. The average molecular weight is 143 g/mol. The molecule has 1 N–H and O–H groups in total. The largest absolute Gasteiger partial charge is 0.350 e. The van der Waals surface area contributed by atoms with Gasteiger partial charge in [0, 0.05) is 6.20 Å². The Morgan fingerprint density at radius 1 is 1.67 bits per heavy atom. The predicted molar refractivity (Wildman–Crippen MR) is 36.3 cm³/mol. The second-order valence-electron chi connectivity index (χ2n) is 1.85. The van der Waals surface area contributed by atoms with Gasteiger partial charge in [0.05, 0.1) is 0 Å². The Kier molecular flexibility index (Phi) is 1.62. The van der Waals surface area contributed by atoms with Gasteiger partial charge in [-0.25, -0.2) is 4.39 Å². The molecule has 3 heteroatoms. The van der Waals surface area contributed by atoms with Gasteiger partial charge in [-0.1, -0.05) is 12.2 Å². The predicted octanol–water partition coefficient (Wildman–Crippen LogP) is 2.19. The van der Waals surface area contributed by atoms with Crippen LogP contribution in [0.4, 0.5) is 4.39 Å². The lowest BCUT2D eigenvalue weighted by Crippen LogP contribution is -1.82. The fourth-order valence-electron chi connectivity index (χ4n) is 0.555. The summed E-state index contributed by atoms with van der Waals surface area (Å²) in [5, 5.41) is 0. The van der Waals surface area contributed by atoms with Crippen molar-refractivity contribution in [1.82, 2.24) is 4.98 Å². The van der Waals surface area contributed by atoms with Crippen LogP contribution in [0.1, 0.15) is 5.56 Å². The quantitative estimate of drug-likeness (QED) is 0.550. The zero-order chi connectivity index (χ0) is 6.85. The molecule has 0 unspecified atom stereocenters. The number of hydrogen-bond donors (Lipinski definition) is 1. The second kappa shape index (κ2) is 2.27. The lowest BCUT2D eigenvalue weighted by Gasteiger charge is -1.90. The van der Waals surface area contributed by atoms with Crippen LogP contribution < -0.4 is 0 Å². The molecule has 0 aromatic carbocycles. The fourth-order valence-corrected chi connectivity index (χ4v) is 0.673. The highest BCUT2D eigenvalue weighted by molar-refractivity contribution is 7.71. The summed E-state index contributed by atoms with van der Waals surface area (Å²) in [6, 6.07) is 1.40. The van der Waals surface area contributed by atoms with E-state index in [1.54, 1.807) is 13.1 Å². The van der Waals surface area contributed by atoms with Crippen LogP contribution in [0.2, 0.25) is 0 Å². The van der Waals surface area contributed by atoms with E-state index in [0.29, 0.717) is 0 Å². The Labute approximate surface area is 57.5 Å². The van der Waals surface area contributed by atoms with Gasteiger partial charge < -0.3 is 4.98 Å². The van der Waals surface area contributed by atoms with Crippen LogP contribution in [0.3, 0.4) is 0 Å². The number of halogens is 1. The maximum absolute atomic E-state index is 12.4. The van der Waals surface area contributed by atoms with E-state index in [4.69, 9.17) is 0 Å². The standard InChI is InChI=1S/C6H6FNS/c1-4-2-5(7)6(9)8-3-4/h2-3H,1H3,(H,8,9). The summed E-state index contributed by atoms with van der Waals surface area (Å²) in [5.74, 6) is -0.356. The van der Waals surface area contributed by atoms with E-state index in [0.717, 1.165) is 5.56 Å². The molecule has 48 valence electrons. The zero-order valence-corrected chi connectivity index (χ0v) is 5.76. The first kappa shape index (κ1) is 6.42. The molecule has 0 saturated heterocycles. The summed E-state index contributed by atoms with van der Waals surface area (Å²) in [5.41, 5.74) is 0.848. The second-order valence-corrected chi connectivity index (χ2v) is 2.26. The minimum atomic E-state index is -0.356. The maximum Gasteiger partial charge on any atom is 0.158 e. The van der Waals surface area contributed by atoms with Crippen molar-refractivity contribution in [3.63, 3.8) is 0 Å². The molecule has 9 heavy (non-hydrogen) atoms. The van der Waals surface area contributed by atoms with Crippen molar-refractivity contribution in [3.05, 3.63) is 28.3 Å². The number of aromatic amines is 1. The van der Waals surface area contributed by atoms with Gasteiger partial charge in [0.2, 0.25) is 0 Å². The lowest BCUT2D eigenvalue weighted by molar-refractivity contribution is 0.615. The Bertz CT molecular complexity index is 266. The van der Waals surface area contributed by atoms with Crippen molar-refractivity contribution in [2.75, 3.05) is 0 Å². The van der Waals surface area contributed by atoms with Gasteiger partial charge >= 0.3 is 0 Å². The molecule has 1 rings (SSSR count). The van der Waals surface area contributed by atoms with E-state index in [1.165, 1.54) is 6.07 Å². The molecule has 1 aromatic heterocycles. The molecule has 0 aliphatic heterocycles. The zero-order valence-electron chi connectivity index (χ0n) is 4.94. The Balaban J connectivity index is 3.34. The normalized spacial score (nSPS) is 9.56. The van der Waals surface area contributed by atoms with Crippen LogP contribution >= 0.6 is 12.2 Å². The summed E-state index contributed by atoms with van der Waals surface area (Å²) in [6.07, 6.45) is 1.67. The van der Waals surface area contributed by atoms with Gasteiger partial charge in [-0.2, -0.15) is 0 Å². The third-order valence-electron chi connectivity index (χ3n) is 1.00. The van der Waals surface area contributed by atoms with Crippen molar-refractivity contribution < 1.29 is 4.39 Å². The van der Waals surface area contributed by atoms with E-state index >= 15 is 0 Å². The number of hydrogen-bond acceptors (Lipinski definition) is 1. The maximum atomic E-state index is 12.4. The highest BCUT2D eigenvalue weighted by atomic mass is 32.1. The molecule has 1 heterocycles. The number of aryl methyl sites for hydroxylation is 1. The first-order valence-electron chi connectivity index (χ1n) is 2.55. The first-order chi connectivity index (χ1) is 4.20. The van der Waals surface area contributed by atoms with Gasteiger partial charge in [-0.05, 0) is 18.6 Å². The molecular formula is C6H6FNS. The van der Waals surface area contributed by atoms with Crippen LogP contribution in [0.25, 0.3) is 0 Å². The van der Waals surface area contributed by atoms with Crippen molar-refractivity contribution in [2.24, 2.45) is 0 Å². The minimum absolute atomic E-state index is 0.167. The Hall–Kier alpha value is -0.700. The Morgan fingerprint density at radius 2 is 2.33 bits per heavy atom. The number of pyridine rings is 1. The summed E-state index contributed by atoms with van der Waals surface area (Å²) in [6.45, 7) is 1.80. The number of nitrogens with one attached hydrogen (secondary N) is 1. The van der Waals surface area contributed by atoms with E-state index in [2.05, 4.69) is 17.2 Å². The molecule has 1 aromatic rings. The summed E-state index contributed by atoms with van der Waals surface area (Å²) in [7, 11) is 0. The van der Waals surface area contributed by atoms with E-state index < -0.39 is 0 Å². The van der Waals surface area contributed by atoms with Crippen molar-refractivity contribution in [1.29, 1.82) is 0 Å². The topological polar surface area (TPSA) is 15.8 Å². The van der Waals surface area contributed by atoms with E-state index in [-0.39, 0.29) is 10.5 Å². The summed E-state index contributed by atoms with van der Waals surface area (Å²) < 4.78 is 12.6. The molecule has 0 atom stereocenters. The highest BCUT2D eigenvalue weighted by Gasteiger charge is 1.90. The van der Waals surface area contributed by atoms with Gasteiger partial charge in [0.25, 0.3) is 0 Å². The van der Waals surface area contributed by atoms with Gasteiger partial charge in [-0.15, -0.1) is 0 Å². The summed E-state index contributed by atoms with van der Waals surface area (Å²) in [4.78, 5) is 2.61. The monoisotopic (exact) mass is 143 g/mol. The smallest absolute Gasteiger partial charge is 0.158 e. The molecule has 0 spiro atoms. The highest BCUT2D eigenvalue weighted by Crippen LogP contribution is 1.99. The lowest BCUT2D eigenvalue weighted by atomic mass is 10.3. The SMILES string of the molecule is Cc1c[nH]c(=S)c(F)c1.